The van der Waals surface area contributed by atoms with Crippen LogP contribution in [0.3, 0.4) is 0 Å². The fourth-order valence-corrected chi connectivity index (χ4v) is 4.00. The summed E-state index contributed by atoms with van der Waals surface area (Å²) in [6.45, 7) is 4.76. The molecule has 2 unspecified atom stereocenters. The number of sulfonamides is 1. The van der Waals surface area contributed by atoms with E-state index < -0.39 is 10.0 Å². The summed E-state index contributed by atoms with van der Waals surface area (Å²) in [6, 6.07) is 1.72. The van der Waals surface area contributed by atoms with Gasteiger partial charge in [0, 0.05) is 31.2 Å². The van der Waals surface area contributed by atoms with Gasteiger partial charge in [0.05, 0.1) is 6.26 Å². The molecule has 0 spiro atoms. The minimum Gasteiger partial charge on any atom is -0.311 e. The Labute approximate surface area is 117 Å². The molecular formula is C13H27N3O2S. The fraction of sp³-hybridized carbons (Fsp3) is 1.00. The second kappa shape index (κ2) is 6.08. The molecule has 1 N–H and O–H groups in total. The van der Waals surface area contributed by atoms with Gasteiger partial charge in [-0.3, -0.25) is 0 Å². The average Bonchev–Trinajstić information content (AvgIpc) is 2.33. The van der Waals surface area contributed by atoms with E-state index in [1.54, 1.807) is 4.31 Å². The van der Waals surface area contributed by atoms with E-state index in [1.165, 1.54) is 19.1 Å². The van der Waals surface area contributed by atoms with E-state index in [2.05, 4.69) is 24.2 Å². The lowest BCUT2D eigenvalue weighted by Gasteiger charge is -2.39. The van der Waals surface area contributed by atoms with Gasteiger partial charge in [-0.1, -0.05) is 0 Å². The summed E-state index contributed by atoms with van der Waals surface area (Å²) >= 11 is 0. The Hall–Kier alpha value is -0.170. The van der Waals surface area contributed by atoms with Gasteiger partial charge in [0.25, 0.3) is 0 Å². The summed E-state index contributed by atoms with van der Waals surface area (Å²) in [5.41, 5.74) is 0. The monoisotopic (exact) mass is 289 g/mol. The first kappa shape index (κ1) is 15.2. The van der Waals surface area contributed by atoms with Gasteiger partial charge in [0.1, 0.15) is 0 Å². The second-order valence-corrected chi connectivity index (χ2v) is 8.14. The van der Waals surface area contributed by atoms with E-state index in [1.807, 2.05) is 0 Å². The van der Waals surface area contributed by atoms with Crippen molar-refractivity contribution >= 4 is 10.0 Å². The topological polar surface area (TPSA) is 52.7 Å². The van der Waals surface area contributed by atoms with E-state index in [0.717, 1.165) is 19.4 Å². The summed E-state index contributed by atoms with van der Waals surface area (Å²) < 4.78 is 24.5. The summed E-state index contributed by atoms with van der Waals surface area (Å²) in [5, 5.41) is 3.73. The molecule has 5 nitrogen and oxygen atoms in total. The molecule has 0 amide bonds. The Bertz CT molecular complexity index is 391. The maximum Gasteiger partial charge on any atom is 0.211 e. The molecule has 0 aliphatic carbocycles. The Kier molecular flexibility index (Phi) is 4.87. The SMILES string of the molecule is CC1CC(NC2CCN(S(C)(=O)=O)CC2)CCN1C. The molecular weight excluding hydrogens is 262 g/mol. The van der Waals surface area contributed by atoms with Crippen molar-refractivity contribution in [2.45, 2.75) is 50.7 Å². The van der Waals surface area contributed by atoms with E-state index in [9.17, 15) is 8.42 Å². The van der Waals surface area contributed by atoms with Crippen LogP contribution in [0.1, 0.15) is 32.6 Å². The molecule has 2 rings (SSSR count). The summed E-state index contributed by atoms with van der Waals surface area (Å²) in [5.74, 6) is 0. The minimum absolute atomic E-state index is 0.485. The molecule has 2 aliphatic heterocycles. The standard InChI is InChI=1S/C13H27N3O2S/c1-11-10-13(4-7-15(11)2)14-12-5-8-16(9-6-12)19(3,17)18/h11-14H,4-10H2,1-3H3. The first-order chi connectivity index (χ1) is 8.86. The lowest BCUT2D eigenvalue weighted by Crippen LogP contribution is -2.51. The average molecular weight is 289 g/mol. The zero-order valence-electron chi connectivity index (χ0n) is 12.3. The zero-order valence-corrected chi connectivity index (χ0v) is 13.1. The van der Waals surface area contributed by atoms with Crippen molar-refractivity contribution in [3.63, 3.8) is 0 Å². The molecule has 0 radical (unpaired) electrons. The third-order valence-electron chi connectivity index (χ3n) is 4.60. The number of nitrogens with zero attached hydrogens (tertiary/aromatic N) is 2. The van der Waals surface area contributed by atoms with Crippen molar-refractivity contribution in [1.29, 1.82) is 0 Å². The normalized spacial score (nSPS) is 32.6. The molecule has 2 atom stereocenters. The Balaban J connectivity index is 1.77. The van der Waals surface area contributed by atoms with Crippen LogP contribution in [0.2, 0.25) is 0 Å². The van der Waals surface area contributed by atoms with Crippen molar-refractivity contribution in [2.75, 3.05) is 32.9 Å². The number of hydrogen-bond acceptors (Lipinski definition) is 4. The van der Waals surface area contributed by atoms with Crippen LogP contribution in [0, 0.1) is 0 Å². The van der Waals surface area contributed by atoms with E-state index in [-0.39, 0.29) is 0 Å². The van der Waals surface area contributed by atoms with Crippen molar-refractivity contribution in [3.8, 4) is 0 Å². The van der Waals surface area contributed by atoms with Crippen LogP contribution in [-0.4, -0.2) is 68.7 Å². The molecule has 0 aromatic rings. The van der Waals surface area contributed by atoms with E-state index >= 15 is 0 Å². The van der Waals surface area contributed by atoms with E-state index in [0.29, 0.717) is 31.2 Å². The molecule has 2 saturated heterocycles. The number of nitrogens with one attached hydrogen (secondary N) is 1. The lowest BCUT2D eigenvalue weighted by molar-refractivity contribution is 0.154. The molecule has 0 aromatic heterocycles. The van der Waals surface area contributed by atoms with Gasteiger partial charge in [0.2, 0.25) is 10.0 Å². The van der Waals surface area contributed by atoms with Gasteiger partial charge in [-0.15, -0.1) is 0 Å². The maximum atomic E-state index is 11.5. The van der Waals surface area contributed by atoms with Crippen LogP contribution >= 0.6 is 0 Å². The molecule has 2 heterocycles. The third-order valence-corrected chi connectivity index (χ3v) is 5.91. The molecule has 2 aliphatic rings. The van der Waals surface area contributed by atoms with Crippen LogP contribution < -0.4 is 5.32 Å². The van der Waals surface area contributed by atoms with Gasteiger partial charge in [-0.25, -0.2) is 12.7 Å². The quantitative estimate of drug-likeness (QED) is 0.821. The van der Waals surface area contributed by atoms with Gasteiger partial charge >= 0.3 is 0 Å². The van der Waals surface area contributed by atoms with E-state index in [4.69, 9.17) is 0 Å². The zero-order chi connectivity index (χ0) is 14.0. The van der Waals surface area contributed by atoms with Crippen molar-refractivity contribution < 1.29 is 8.42 Å². The number of rotatable bonds is 3. The second-order valence-electron chi connectivity index (χ2n) is 6.15. The van der Waals surface area contributed by atoms with Crippen LogP contribution in [0.15, 0.2) is 0 Å². The summed E-state index contributed by atoms with van der Waals surface area (Å²) in [7, 11) is -0.814. The molecule has 0 bridgehead atoms. The highest BCUT2D eigenvalue weighted by atomic mass is 32.2. The molecule has 6 heteroatoms. The minimum atomic E-state index is -3.00. The fourth-order valence-electron chi connectivity index (χ4n) is 3.13. The molecule has 0 saturated carbocycles. The smallest absolute Gasteiger partial charge is 0.211 e. The highest BCUT2D eigenvalue weighted by Gasteiger charge is 2.28. The maximum absolute atomic E-state index is 11.5. The number of piperidine rings is 2. The first-order valence-corrected chi connectivity index (χ1v) is 9.12. The van der Waals surface area contributed by atoms with Crippen LogP contribution in [0.4, 0.5) is 0 Å². The Morgan fingerprint density at radius 2 is 1.63 bits per heavy atom. The number of hydrogen-bond donors (Lipinski definition) is 1. The Morgan fingerprint density at radius 3 is 2.16 bits per heavy atom. The van der Waals surface area contributed by atoms with Gasteiger partial charge in [-0.05, 0) is 46.2 Å². The lowest BCUT2D eigenvalue weighted by atomic mass is 9.96. The van der Waals surface area contributed by atoms with Gasteiger partial charge in [-0.2, -0.15) is 0 Å². The summed E-state index contributed by atoms with van der Waals surface area (Å²) in [4.78, 5) is 2.41. The van der Waals surface area contributed by atoms with Gasteiger partial charge in [0.15, 0.2) is 0 Å². The highest BCUT2D eigenvalue weighted by molar-refractivity contribution is 7.88. The van der Waals surface area contributed by atoms with Crippen LogP contribution in [0.5, 0.6) is 0 Å². The Morgan fingerprint density at radius 1 is 1.05 bits per heavy atom. The predicted octanol–water partition coefficient (Wildman–Crippen LogP) is 0.483. The van der Waals surface area contributed by atoms with Crippen LogP contribution in [-0.2, 0) is 10.0 Å². The highest BCUT2D eigenvalue weighted by Crippen LogP contribution is 2.19. The molecule has 2 fully saturated rings. The molecule has 0 aromatic carbocycles. The van der Waals surface area contributed by atoms with Crippen molar-refractivity contribution in [3.05, 3.63) is 0 Å². The predicted molar refractivity (Wildman–Crippen MR) is 77.7 cm³/mol. The van der Waals surface area contributed by atoms with Gasteiger partial charge < -0.3 is 10.2 Å². The van der Waals surface area contributed by atoms with Crippen molar-refractivity contribution in [2.24, 2.45) is 0 Å². The molecule has 19 heavy (non-hydrogen) atoms. The molecule has 112 valence electrons. The first-order valence-electron chi connectivity index (χ1n) is 7.27. The van der Waals surface area contributed by atoms with Crippen molar-refractivity contribution in [1.82, 2.24) is 14.5 Å². The summed E-state index contributed by atoms with van der Waals surface area (Å²) in [6.07, 6.45) is 5.58. The third kappa shape index (κ3) is 4.15. The number of likely N-dealkylation sites (tertiary alicyclic amines) is 1. The largest absolute Gasteiger partial charge is 0.311 e. The van der Waals surface area contributed by atoms with Crippen LogP contribution in [0.25, 0.3) is 0 Å².